The molecule has 0 saturated heterocycles. The van der Waals surface area contributed by atoms with Crippen LogP contribution in [-0.2, 0) is 0 Å². The summed E-state index contributed by atoms with van der Waals surface area (Å²) in [5, 5.41) is 8.82. The van der Waals surface area contributed by atoms with Gasteiger partial charge in [-0.1, -0.05) is 12.1 Å². The van der Waals surface area contributed by atoms with Crippen molar-refractivity contribution in [3.05, 3.63) is 53.3 Å². The summed E-state index contributed by atoms with van der Waals surface area (Å²) >= 11 is 0. The SMILES string of the molecule is Cc1c(N)cccc1-c1cc(F)cc(C#N)c1. The lowest BCUT2D eigenvalue weighted by Crippen LogP contribution is -1.93. The van der Waals surface area contributed by atoms with E-state index in [2.05, 4.69) is 0 Å². The molecule has 0 spiro atoms. The smallest absolute Gasteiger partial charge is 0.125 e. The van der Waals surface area contributed by atoms with Crippen LogP contribution in [-0.4, -0.2) is 0 Å². The number of nitrogens with two attached hydrogens (primary N) is 1. The Bertz CT molecular complexity index is 612. The van der Waals surface area contributed by atoms with E-state index in [1.165, 1.54) is 12.1 Å². The molecular formula is C14H11FN2. The van der Waals surface area contributed by atoms with Gasteiger partial charge in [-0.15, -0.1) is 0 Å². The van der Waals surface area contributed by atoms with E-state index in [1.54, 1.807) is 12.1 Å². The molecule has 17 heavy (non-hydrogen) atoms. The van der Waals surface area contributed by atoms with Gasteiger partial charge in [0.05, 0.1) is 11.6 Å². The Morgan fingerprint density at radius 2 is 2.00 bits per heavy atom. The summed E-state index contributed by atoms with van der Waals surface area (Å²) in [7, 11) is 0. The molecule has 0 heterocycles. The first kappa shape index (κ1) is 11.2. The van der Waals surface area contributed by atoms with E-state index >= 15 is 0 Å². The number of rotatable bonds is 1. The summed E-state index contributed by atoms with van der Waals surface area (Å²) < 4.78 is 13.4. The Kier molecular flexibility index (Phi) is 2.80. The molecule has 0 unspecified atom stereocenters. The molecule has 0 saturated carbocycles. The highest BCUT2D eigenvalue weighted by Crippen LogP contribution is 2.28. The molecule has 0 atom stereocenters. The van der Waals surface area contributed by atoms with Gasteiger partial charge in [-0.25, -0.2) is 4.39 Å². The van der Waals surface area contributed by atoms with Crippen LogP contribution in [0, 0.1) is 24.1 Å². The third-order valence-corrected chi connectivity index (χ3v) is 2.71. The Morgan fingerprint density at radius 1 is 1.24 bits per heavy atom. The number of halogens is 1. The second-order valence-corrected chi connectivity index (χ2v) is 3.86. The quantitative estimate of drug-likeness (QED) is 0.759. The lowest BCUT2D eigenvalue weighted by molar-refractivity contribution is 0.628. The topological polar surface area (TPSA) is 49.8 Å². The highest BCUT2D eigenvalue weighted by atomic mass is 19.1. The van der Waals surface area contributed by atoms with Gasteiger partial charge in [-0.3, -0.25) is 0 Å². The molecular weight excluding hydrogens is 215 g/mol. The van der Waals surface area contributed by atoms with Gasteiger partial charge >= 0.3 is 0 Å². The molecule has 0 aliphatic carbocycles. The second kappa shape index (κ2) is 4.26. The number of hydrogen-bond acceptors (Lipinski definition) is 2. The second-order valence-electron chi connectivity index (χ2n) is 3.86. The third kappa shape index (κ3) is 2.11. The van der Waals surface area contributed by atoms with Crippen LogP contribution in [0.15, 0.2) is 36.4 Å². The summed E-state index contributed by atoms with van der Waals surface area (Å²) in [6.07, 6.45) is 0. The van der Waals surface area contributed by atoms with E-state index in [-0.39, 0.29) is 0 Å². The molecule has 0 aromatic heterocycles. The fraction of sp³-hybridized carbons (Fsp3) is 0.0714. The zero-order valence-electron chi connectivity index (χ0n) is 9.37. The number of benzene rings is 2. The minimum atomic E-state index is -0.416. The maximum absolute atomic E-state index is 13.4. The Hall–Kier alpha value is -2.34. The Morgan fingerprint density at radius 3 is 2.71 bits per heavy atom. The summed E-state index contributed by atoms with van der Waals surface area (Å²) in [6, 6.07) is 11.7. The summed E-state index contributed by atoms with van der Waals surface area (Å²) in [6.45, 7) is 1.88. The molecule has 84 valence electrons. The molecule has 3 heteroatoms. The van der Waals surface area contributed by atoms with Crippen LogP contribution in [0.2, 0.25) is 0 Å². The van der Waals surface area contributed by atoms with Gasteiger partial charge in [0.15, 0.2) is 0 Å². The van der Waals surface area contributed by atoms with Crippen molar-refractivity contribution in [3.63, 3.8) is 0 Å². The zero-order chi connectivity index (χ0) is 12.4. The van der Waals surface area contributed by atoms with E-state index in [9.17, 15) is 4.39 Å². The summed E-state index contributed by atoms with van der Waals surface area (Å²) in [5.74, 6) is -0.416. The Balaban J connectivity index is 2.65. The van der Waals surface area contributed by atoms with E-state index in [4.69, 9.17) is 11.0 Å². The molecule has 2 aromatic carbocycles. The number of anilines is 1. The monoisotopic (exact) mass is 226 g/mol. The number of nitriles is 1. The fourth-order valence-corrected chi connectivity index (χ4v) is 1.78. The highest BCUT2D eigenvalue weighted by molar-refractivity contribution is 5.73. The van der Waals surface area contributed by atoms with Gasteiger partial charge in [-0.2, -0.15) is 5.26 Å². The molecule has 2 rings (SSSR count). The molecule has 0 aliphatic rings. The van der Waals surface area contributed by atoms with Gasteiger partial charge in [-0.05, 0) is 47.9 Å². The van der Waals surface area contributed by atoms with E-state index < -0.39 is 5.82 Å². The lowest BCUT2D eigenvalue weighted by atomic mass is 9.98. The van der Waals surface area contributed by atoms with E-state index in [1.807, 2.05) is 25.1 Å². The predicted octanol–water partition coefficient (Wildman–Crippen LogP) is 3.26. The van der Waals surface area contributed by atoms with Gasteiger partial charge in [0.1, 0.15) is 5.82 Å². The van der Waals surface area contributed by atoms with Crippen LogP contribution < -0.4 is 5.73 Å². The van der Waals surface area contributed by atoms with Crippen molar-refractivity contribution in [2.75, 3.05) is 5.73 Å². The maximum atomic E-state index is 13.4. The molecule has 0 amide bonds. The maximum Gasteiger partial charge on any atom is 0.125 e. The van der Waals surface area contributed by atoms with Crippen molar-refractivity contribution in [3.8, 4) is 17.2 Å². The molecule has 0 radical (unpaired) electrons. The average Bonchev–Trinajstić information content (AvgIpc) is 2.31. The first-order chi connectivity index (χ1) is 8.11. The van der Waals surface area contributed by atoms with Crippen molar-refractivity contribution in [2.24, 2.45) is 0 Å². The summed E-state index contributed by atoms with van der Waals surface area (Å²) in [5.41, 5.74) is 9.18. The van der Waals surface area contributed by atoms with Crippen molar-refractivity contribution in [2.45, 2.75) is 6.92 Å². The first-order valence-corrected chi connectivity index (χ1v) is 5.18. The third-order valence-electron chi connectivity index (χ3n) is 2.71. The van der Waals surface area contributed by atoms with Crippen LogP contribution in [0.5, 0.6) is 0 Å². The van der Waals surface area contributed by atoms with Crippen LogP contribution in [0.1, 0.15) is 11.1 Å². The number of hydrogen-bond donors (Lipinski definition) is 1. The van der Waals surface area contributed by atoms with Crippen molar-refractivity contribution >= 4 is 5.69 Å². The first-order valence-electron chi connectivity index (χ1n) is 5.18. The van der Waals surface area contributed by atoms with Gasteiger partial charge < -0.3 is 5.73 Å². The standard InChI is InChI=1S/C14H11FN2/c1-9-13(3-2-4-14(9)17)11-5-10(8-16)6-12(15)7-11/h2-7H,17H2,1H3. The molecule has 2 nitrogen and oxygen atoms in total. The van der Waals surface area contributed by atoms with Gasteiger partial charge in [0, 0.05) is 5.69 Å². The van der Waals surface area contributed by atoms with Crippen LogP contribution in [0.25, 0.3) is 11.1 Å². The average molecular weight is 226 g/mol. The van der Waals surface area contributed by atoms with Crippen molar-refractivity contribution in [1.82, 2.24) is 0 Å². The largest absolute Gasteiger partial charge is 0.398 e. The highest BCUT2D eigenvalue weighted by Gasteiger charge is 2.07. The normalized spacial score (nSPS) is 9.94. The minimum Gasteiger partial charge on any atom is -0.398 e. The number of nitrogens with zero attached hydrogens (tertiary/aromatic N) is 1. The summed E-state index contributed by atoms with van der Waals surface area (Å²) in [4.78, 5) is 0. The van der Waals surface area contributed by atoms with E-state index in [0.717, 1.165) is 11.1 Å². The zero-order valence-corrected chi connectivity index (χ0v) is 9.37. The Labute approximate surface area is 99.1 Å². The van der Waals surface area contributed by atoms with Crippen LogP contribution >= 0.6 is 0 Å². The number of nitrogen functional groups attached to an aromatic ring is 1. The molecule has 2 aromatic rings. The lowest BCUT2D eigenvalue weighted by Gasteiger charge is -2.09. The molecule has 0 bridgehead atoms. The minimum absolute atomic E-state index is 0.307. The van der Waals surface area contributed by atoms with Crippen molar-refractivity contribution < 1.29 is 4.39 Å². The molecule has 0 aliphatic heterocycles. The molecule has 2 N–H and O–H groups in total. The van der Waals surface area contributed by atoms with E-state index in [0.29, 0.717) is 16.8 Å². The fourth-order valence-electron chi connectivity index (χ4n) is 1.78. The predicted molar refractivity (Wildman–Crippen MR) is 65.7 cm³/mol. The van der Waals surface area contributed by atoms with Gasteiger partial charge in [0.2, 0.25) is 0 Å². The van der Waals surface area contributed by atoms with Crippen LogP contribution in [0.4, 0.5) is 10.1 Å². The molecule has 0 fully saturated rings. The van der Waals surface area contributed by atoms with Gasteiger partial charge in [0.25, 0.3) is 0 Å². The van der Waals surface area contributed by atoms with Crippen LogP contribution in [0.3, 0.4) is 0 Å². The van der Waals surface area contributed by atoms with Crippen molar-refractivity contribution in [1.29, 1.82) is 5.26 Å².